The Balaban J connectivity index is 1.96. The van der Waals surface area contributed by atoms with Crippen molar-refractivity contribution in [2.45, 2.75) is 49.5 Å². The zero-order valence-electron chi connectivity index (χ0n) is 7.76. The van der Waals surface area contributed by atoms with Crippen molar-refractivity contribution in [3.8, 4) is 6.07 Å². The zero-order valence-corrected chi connectivity index (χ0v) is 8.58. The van der Waals surface area contributed by atoms with Gasteiger partial charge in [0, 0.05) is 5.25 Å². The molecule has 2 fully saturated rings. The lowest BCUT2D eigenvalue weighted by molar-refractivity contribution is 0.250. The van der Waals surface area contributed by atoms with Gasteiger partial charge in [-0.05, 0) is 31.1 Å². The molecule has 1 nitrogen and oxygen atoms in total. The molecule has 2 aliphatic rings. The second kappa shape index (κ2) is 2.42. The van der Waals surface area contributed by atoms with Gasteiger partial charge in [-0.25, -0.2) is 0 Å². The Morgan fingerprint density at radius 1 is 1.33 bits per heavy atom. The monoisotopic (exact) mass is 181 g/mol. The Hall–Kier alpha value is -0.160. The van der Waals surface area contributed by atoms with Crippen molar-refractivity contribution in [3.05, 3.63) is 0 Å². The minimum atomic E-state index is 0.00463. The van der Waals surface area contributed by atoms with Gasteiger partial charge in [0.2, 0.25) is 0 Å². The maximum atomic E-state index is 9.07. The van der Waals surface area contributed by atoms with Gasteiger partial charge >= 0.3 is 0 Å². The summed E-state index contributed by atoms with van der Waals surface area (Å²) in [5, 5.41) is 9.67. The van der Waals surface area contributed by atoms with Gasteiger partial charge in [-0.1, -0.05) is 13.8 Å². The van der Waals surface area contributed by atoms with Gasteiger partial charge in [-0.15, -0.1) is 11.8 Å². The molecule has 2 saturated carbocycles. The standard InChI is InChI=1S/C10H15NS/c1-8(2)12-10(7-11)5-9(6-10)3-4-9/h8H,3-6H2,1-2H3. The van der Waals surface area contributed by atoms with Crippen molar-refractivity contribution < 1.29 is 0 Å². The Bertz CT molecular complexity index is 221. The van der Waals surface area contributed by atoms with Gasteiger partial charge in [-0.2, -0.15) is 5.26 Å². The molecule has 1 spiro atoms. The molecule has 66 valence electrons. The lowest BCUT2D eigenvalue weighted by Gasteiger charge is -2.43. The van der Waals surface area contributed by atoms with Gasteiger partial charge in [0.15, 0.2) is 0 Å². The van der Waals surface area contributed by atoms with Crippen LogP contribution in [0.2, 0.25) is 0 Å². The number of thioether (sulfide) groups is 1. The lowest BCUT2D eigenvalue weighted by Crippen LogP contribution is -2.41. The molecule has 0 radical (unpaired) electrons. The number of hydrogen-bond acceptors (Lipinski definition) is 2. The summed E-state index contributed by atoms with van der Waals surface area (Å²) in [6.07, 6.45) is 5.10. The van der Waals surface area contributed by atoms with Crippen LogP contribution in [0.3, 0.4) is 0 Å². The number of nitriles is 1. The highest BCUT2D eigenvalue weighted by Crippen LogP contribution is 2.68. The fourth-order valence-corrected chi connectivity index (χ4v) is 4.06. The predicted molar refractivity (Wildman–Crippen MR) is 52.0 cm³/mol. The molecule has 2 heteroatoms. The van der Waals surface area contributed by atoms with E-state index in [1.807, 2.05) is 11.8 Å². The fourth-order valence-electron chi connectivity index (χ4n) is 2.33. The normalized spacial score (nSPS) is 28.2. The summed E-state index contributed by atoms with van der Waals surface area (Å²) >= 11 is 1.87. The fraction of sp³-hybridized carbons (Fsp3) is 0.900. The van der Waals surface area contributed by atoms with Gasteiger partial charge in [0.25, 0.3) is 0 Å². The van der Waals surface area contributed by atoms with E-state index < -0.39 is 0 Å². The van der Waals surface area contributed by atoms with Gasteiger partial charge in [0.05, 0.1) is 6.07 Å². The molecule has 0 aromatic carbocycles. The zero-order chi connectivity index (χ0) is 8.82. The van der Waals surface area contributed by atoms with Crippen LogP contribution in [0.25, 0.3) is 0 Å². The van der Waals surface area contributed by atoms with Crippen LogP contribution in [0.5, 0.6) is 0 Å². The van der Waals surface area contributed by atoms with Gasteiger partial charge in [0.1, 0.15) is 4.75 Å². The second-order valence-electron chi connectivity index (χ2n) is 4.63. The molecule has 0 unspecified atom stereocenters. The molecule has 0 aromatic heterocycles. The van der Waals surface area contributed by atoms with Crippen LogP contribution >= 0.6 is 11.8 Å². The van der Waals surface area contributed by atoms with Crippen molar-refractivity contribution in [1.29, 1.82) is 5.26 Å². The highest BCUT2D eigenvalue weighted by molar-refractivity contribution is 8.01. The van der Waals surface area contributed by atoms with E-state index in [0.29, 0.717) is 10.7 Å². The number of hydrogen-bond donors (Lipinski definition) is 0. The maximum absolute atomic E-state index is 9.07. The van der Waals surface area contributed by atoms with E-state index in [-0.39, 0.29) is 4.75 Å². The molecule has 0 amide bonds. The van der Waals surface area contributed by atoms with E-state index in [1.54, 1.807) is 0 Å². The van der Waals surface area contributed by atoms with Crippen LogP contribution in [-0.4, -0.2) is 10.00 Å². The molecule has 0 atom stereocenters. The van der Waals surface area contributed by atoms with E-state index in [1.165, 1.54) is 25.7 Å². The van der Waals surface area contributed by atoms with E-state index in [2.05, 4.69) is 19.9 Å². The van der Waals surface area contributed by atoms with Crippen molar-refractivity contribution in [2.75, 3.05) is 0 Å². The third-order valence-electron chi connectivity index (χ3n) is 2.94. The molecule has 12 heavy (non-hydrogen) atoms. The summed E-state index contributed by atoms with van der Waals surface area (Å²) in [7, 11) is 0. The topological polar surface area (TPSA) is 23.8 Å². The van der Waals surface area contributed by atoms with Crippen LogP contribution in [0.15, 0.2) is 0 Å². The van der Waals surface area contributed by atoms with Crippen LogP contribution in [0.1, 0.15) is 39.5 Å². The van der Waals surface area contributed by atoms with E-state index in [9.17, 15) is 0 Å². The molecule has 0 N–H and O–H groups in total. The molecule has 2 rings (SSSR count). The quantitative estimate of drug-likeness (QED) is 0.654. The average Bonchev–Trinajstić information content (AvgIpc) is 2.65. The summed E-state index contributed by atoms with van der Waals surface area (Å²) in [5.41, 5.74) is 0.650. The van der Waals surface area contributed by atoms with Gasteiger partial charge < -0.3 is 0 Å². The molecule has 0 saturated heterocycles. The smallest absolute Gasteiger partial charge is 0.104 e. The van der Waals surface area contributed by atoms with Crippen LogP contribution in [0.4, 0.5) is 0 Å². The van der Waals surface area contributed by atoms with Crippen LogP contribution in [-0.2, 0) is 0 Å². The Labute approximate surface area is 78.5 Å². The number of nitrogens with zero attached hydrogens (tertiary/aromatic N) is 1. The molecular formula is C10H15NS. The summed E-state index contributed by atoms with van der Waals surface area (Å²) in [5.74, 6) is 0. The Morgan fingerprint density at radius 3 is 2.25 bits per heavy atom. The van der Waals surface area contributed by atoms with Crippen LogP contribution < -0.4 is 0 Å². The van der Waals surface area contributed by atoms with E-state index in [0.717, 1.165) is 0 Å². The molecule has 0 aliphatic heterocycles. The Kier molecular flexibility index (Phi) is 1.70. The predicted octanol–water partition coefficient (Wildman–Crippen LogP) is 2.96. The Morgan fingerprint density at radius 2 is 1.92 bits per heavy atom. The first-order chi connectivity index (χ1) is 5.60. The second-order valence-corrected chi connectivity index (χ2v) is 6.59. The van der Waals surface area contributed by atoms with Gasteiger partial charge in [-0.3, -0.25) is 0 Å². The SMILES string of the molecule is CC(C)SC1(C#N)CC2(CC2)C1. The van der Waals surface area contributed by atoms with Crippen molar-refractivity contribution in [2.24, 2.45) is 5.41 Å². The average molecular weight is 181 g/mol. The highest BCUT2D eigenvalue weighted by Gasteiger charge is 2.61. The minimum absolute atomic E-state index is 0.00463. The third kappa shape index (κ3) is 1.25. The summed E-state index contributed by atoms with van der Waals surface area (Å²) in [4.78, 5) is 0. The molecule has 0 bridgehead atoms. The first kappa shape index (κ1) is 8.44. The first-order valence-electron chi connectivity index (χ1n) is 4.69. The molecule has 2 aliphatic carbocycles. The first-order valence-corrected chi connectivity index (χ1v) is 5.57. The van der Waals surface area contributed by atoms with Crippen LogP contribution in [0, 0.1) is 16.7 Å². The van der Waals surface area contributed by atoms with E-state index >= 15 is 0 Å². The summed E-state index contributed by atoms with van der Waals surface area (Å²) in [6, 6.07) is 2.50. The van der Waals surface area contributed by atoms with Crippen molar-refractivity contribution >= 4 is 11.8 Å². The van der Waals surface area contributed by atoms with E-state index in [4.69, 9.17) is 5.26 Å². The summed E-state index contributed by atoms with van der Waals surface area (Å²) < 4.78 is 0.00463. The summed E-state index contributed by atoms with van der Waals surface area (Å²) in [6.45, 7) is 4.36. The van der Waals surface area contributed by atoms with Crippen molar-refractivity contribution in [1.82, 2.24) is 0 Å². The number of rotatable bonds is 2. The molecule has 0 aromatic rings. The maximum Gasteiger partial charge on any atom is 0.104 e. The van der Waals surface area contributed by atoms with Crippen molar-refractivity contribution in [3.63, 3.8) is 0 Å². The third-order valence-corrected chi connectivity index (χ3v) is 4.25. The highest BCUT2D eigenvalue weighted by atomic mass is 32.2. The molecule has 0 heterocycles. The lowest BCUT2D eigenvalue weighted by atomic mass is 9.72. The molecular weight excluding hydrogens is 166 g/mol. The minimum Gasteiger partial charge on any atom is -0.197 e. The largest absolute Gasteiger partial charge is 0.197 e.